The summed E-state index contributed by atoms with van der Waals surface area (Å²) >= 11 is 11.8. The summed E-state index contributed by atoms with van der Waals surface area (Å²) in [5, 5.41) is 3.84. The zero-order chi connectivity index (χ0) is 15.2. The lowest BCUT2D eigenvalue weighted by Crippen LogP contribution is -2.49. The van der Waals surface area contributed by atoms with Gasteiger partial charge in [-0.15, -0.1) is 0 Å². The third-order valence-electron chi connectivity index (χ3n) is 3.42. The summed E-state index contributed by atoms with van der Waals surface area (Å²) in [5.41, 5.74) is 6.17. The van der Waals surface area contributed by atoms with Crippen LogP contribution >= 0.6 is 23.2 Å². The molecule has 1 fully saturated rings. The Morgan fingerprint density at radius 2 is 1.67 bits per heavy atom. The van der Waals surface area contributed by atoms with Gasteiger partial charge in [0.2, 0.25) is 5.91 Å². The molecule has 0 aromatic heterocycles. The average molecular weight is 331 g/mol. The van der Waals surface area contributed by atoms with Crippen molar-refractivity contribution in [3.63, 3.8) is 0 Å². The van der Waals surface area contributed by atoms with Gasteiger partial charge < -0.3 is 11.1 Å². The van der Waals surface area contributed by atoms with E-state index in [1.54, 1.807) is 18.2 Å². The second kappa shape index (κ2) is 7.96. The van der Waals surface area contributed by atoms with Gasteiger partial charge in [0.15, 0.2) is 0 Å². The quantitative estimate of drug-likeness (QED) is 0.859. The van der Waals surface area contributed by atoms with Crippen molar-refractivity contribution in [2.75, 3.05) is 51.1 Å². The minimum absolute atomic E-state index is 0.0550. The average Bonchev–Trinajstić information content (AvgIpc) is 2.40. The lowest BCUT2D eigenvalue weighted by Gasteiger charge is -2.33. The van der Waals surface area contributed by atoms with Crippen molar-refractivity contribution in [3.05, 3.63) is 28.2 Å². The molecule has 3 N–H and O–H groups in total. The molecule has 7 heteroatoms. The fraction of sp³-hybridized carbons (Fsp3) is 0.500. The standard InChI is InChI=1S/C14H20Cl2N4O/c15-11-7-12(16)9-13(8-11)18-14(21)10-20-5-3-19(2-1-17)4-6-20/h7-9H,1-6,10,17H2,(H,18,21). The number of anilines is 1. The van der Waals surface area contributed by atoms with Gasteiger partial charge in [-0.05, 0) is 18.2 Å². The summed E-state index contributed by atoms with van der Waals surface area (Å²) in [6.45, 7) is 5.63. The number of hydrogen-bond acceptors (Lipinski definition) is 4. The highest BCUT2D eigenvalue weighted by molar-refractivity contribution is 6.35. The van der Waals surface area contributed by atoms with Gasteiger partial charge in [-0.1, -0.05) is 23.2 Å². The highest BCUT2D eigenvalue weighted by atomic mass is 35.5. The van der Waals surface area contributed by atoms with Crippen LogP contribution in [0.25, 0.3) is 0 Å². The van der Waals surface area contributed by atoms with E-state index in [0.29, 0.717) is 28.8 Å². The Morgan fingerprint density at radius 3 is 2.24 bits per heavy atom. The number of nitrogens with zero attached hydrogens (tertiary/aromatic N) is 2. The molecule has 0 aliphatic carbocycles. The molecular formula is C14H20Cl2N4O. The number of hydrogen-bond donors (Lipinski definition) is 2. The molecule has 1 saturated heterocycles. The molecule has 0 bridgehead atoms. The van der Waals surface area contributed by atoms with Gasteiger partial charge in [-0.2, -0.15) is 0 Å². The van der Waals surface area contributed by atoms with E-state index in [1.807, 2.05) is 0 Å². The molecule has 0 radical (unpaired) electrons. The van der Waals surface area contributed by atoms with Crippen LogP contribution in [0.4, 0.5) is 5.69 Å². The topological polar surface area (TPSA) is 61.6 Å². The third-order valence-corrected chi connectivity index (χ3v) is 3.86. The smallest absolute Gasteiger partial charge is 0.238 e. The first-order valence-corrected chi connectivity index (χ1v) is 7.73. The SMILES string of the molecule is NCCN1CCN(CC(=O)Nc2cc(Cl)cc(Cl)c2)CC1. The van der Waals surface area contributed by atoms with Crippen LogP contribution in [0.15, 0.2) is 18.2 Å². The van der Waals surface area contributed by atoms with Crippen LogP contribution in [0.1, 0.15) is 0 Å². The van der Waals surface area contributed by atoms with Crippen molar-refractivity contribution in [2.24, 2.45) is 5.73 Å². The number of nitrogens with one attached hydrogen (secondary N) is 1. The summed E-state index contributed by atoms with van der Waals surface area (Å²) in [7, 11) is 0. The molecule has 1 aromatic carbocycles. The monoisotopic (exact) mass is 330 g/mol. The van der Waals surface area contributed by atoms with E-state index in [-0.39, 0.29) is 5.91 Å². The number of benzene rings is 1. The lowest BCUT2D eigenvalue weighted by molar-refractivity contribution is -0.117. The normalized spacial score (nSPS) is 16.9. The van der Waals surface area contributed by atoms with Gasteiger partial charge in [0.25, 0.3) is 0 Å². The molecule has 0 atom stereocenters. The van der Waals surface area contributed by atoms with E-state index in [0.717, 1.165) is 32.7 Å². The Kier molecular flexibility index (Phi) is 6.26. The number of rotatable bonds is 5. The van der Waals surface area contributed by atoms with E-state index in [2.05, 4.69) is 15.1 Å². The van der Waals surface area contributed by atoms with Gasteiger partial charge in [0, 0.05) is 55.0 Å². The van der Waals surface area contributed by atoms with Crippen LogP contribution in [0.5, 0.6) is 0 Å². The number of halogens is 2. The largest absolute Gasteiger partial charge is 0.329 e. The summed E-state index contributed by atoms with van der Waals surface area (Å²) in [4.78, 5) is 16.5. The zero-order valence-corrected chi connectivity index (χ0v) is 13.3. The maximum atomic E-state index is 12.0. The Labute approximate surface area is 135 Å². The van der Waals surface area contributed by atoms with E-state index in [9.17, 15) is 4.79 Å². The predicted molar refractivity (Wildman–Crippen MR) is 87.0 cm³/mol. The minimum Gasteiger partial charge on any atom is -0.329 e. The first-order chi connectivity index (χ1) is 10.1. The van der Waals surface area contributed by atoms with E-state index >= 15 is 0 Å². The summed E-state index contributed by atoms with van der Waals surface area (Å²) in [6, 6.07) is 5.00. The van der Waals surface area contributed by atoms with Crippen LogP contribution < -0.4 is 11.1 Å². The molecule has 1 aromatic rings. The molecule has 0 unspecified atom stereocenters. The minimum atomic E-state index is -0.0550. The lowest BCUT2D eigenvalue weighted by atomic mass is 10.3. The molecular weight excluding hydrogens is 311 g/mol. The second-order valence-corrected chi connectivity index (χ2v) is 5.99. The maximum absolute atomic E-state index is 12.0. The van der Waals surface area contributed by atoms with Crippen LogP contribution in [-0.2, 0) is 4.79 Å². The van der Waals surface area contributed by atoms with E-state index in [1.165, 1.54) is 0 Å². The molecule has 5 nitrogen and oxygen atoms in total. The maximum Gasteiger partial charge on any atom is 0.238 e. The number of carbonyl (C=O) groups is 1. The van der Waals surface area contributed by atoms with Crippen molar-refractivity contribution in [2.45, 2.75) is 0 Å². The Balaban J connectivity index is 1.80. The zero-order valence-electron chi connectivity index (χ0n) is 11.8. The van der Waals surface area contributed by atoms with Gasteiger partial charge >= 0.3 is 0 Å². The fourth-order valence-corrected chi connectivity index (χ4v) is 2.91. The number of amides is 1. The first kappa shape index (κ1) is 16.5. The molecule has 1 heterocycles. The van der Waals surface area contributed by atoms with Crippen LogP contribution in [0, 0.1) is 0 Å². The Morgan fingerprint density at radius 1 is 1.10 bits per heavy atom. The van der Waals surface area contributed by atoms with Gasteiger partial charge in [-0.25, -0.2) is 0 Å². The number of carbonyl (C=O) groups excluding carboxylic acids is 1. The summed E-state index contributed by atoms with van der Waals surface area (Å²) < 4.78 is 0. The molecule has 21 heavy (non-hydrogen) atoms. The molecule has 116 valence electrons. The summed E-state index contributed by atoms with van der Waals surface area (Å²) in [6.07, 6.45) is 0. The predicted octanol–water partition coefficient (Wildman–Crippen LogP) is 1.51. The summed E-state index contributed by atoms with van der Waals surface area (Å²) in [5.74, 6) is -0.0550. The van der Waals surface area contributed by atoms with Crippen molar-refractivity contribution >= 4 is 34.8 Å². The van der Waals surface area contributed by atoms with E-state index in [4.69, 9.17) is 28.9 Å². The molecule has 1 aliphatic rings. The van der Waals surface area contributed by atoms with Gasteiger partial charge in [0.1, 0.15) is 0 Å². The third kappa shape index (κ3) is 5.45. The van der Waals surface area contributed by atoms with Crippen molar-refractivity contribution < 1.29 is 4.79 Å². The first-order valence-electron chi connectivity index (χ1n) is 6.97. The number of piperazine rings is 1. The van der Waals surface area contributed by atoms with Crippen LogP contribution in [-0.4, -0.2) is 61.5 Å². The highest BCUT2D eigenvalue weighted by Crippen LogP contribution is 2.22. The van der Waals surface area contributed by atoms with E-state index < -0.39 is 0 Å². The van der Waals surface area contributed by atoms with Crippen molar-refractivity contribution in [3.8, 4) is 0 Å². The van der Waals surface area contributed by atoms with Crippen molar-refractivity contribution in [1.29, 1.82) is 0 Å². The molecule has 0 spiro atoms. The van der Waals surface area contributed by atoms with Crippen LogP contribution in [0.3, 0.4) is 0 Å². The molecule has 1 amide bonds. The highest BCUT2D eigenvalue weighted by Gasteiger charge is 2.18. The van der Waals surface area contributed by atoms with Crippen LogP contribution in [0.2, 0.25) is 10.0 Å². The molecule has 1 aliphatic heterocycles. The van der Waals surface area contributed by atoms with Gasteiger partial charge in [-0.3, -0.25) is 14.6 Å². The van der Waals surface area contributed by atoms with Crippen molar-refractivity contribution in [1.82, 2.24) is 9.80 Å². The van der Waals surface area contributed by atoms with Gasteiger partial charge in [0.05, 0.1) is 6.54 Å². The molecule has 2 rings (SSSR count). The Hall–Kier alpha value is -0.850. The Bertz CT molecular complexity index is 470. The number of nitrogens with two attached hydrogens (primary N) is 1. The molecule has 0 saturated carbocycles. The second-order valence-electron chi connectivity index (χ2n) is 5.11. The fourth-order valence-electron chi connectivity index (χ4n) is 2.38.